The van der Waals surface area contributed by atoms with Gasteiger partial charge in [0.25, 0.3) is 0 Å². The van der Waals surface area contributed by atoms with Crippen LogP contribution in [-0.4, -0.2) is 12.4 Å². The van der Waals surface area contributed by atoms with Crippen LogP contribution in [0.15, 0.2) is 0 Å². The van der Waals surface area contributed by atoms with Gasteiger partial charge >= 0.3 is 6.47 Å². The zero-order valence-corrected chi connectivity index (χ0v) is 3.80. The van der Waals surface area contributed by atoms with Gasteiger partial charge in [-0.3, -0.25) is 9.59 Å². The molecule has 4 heteroatoms. The zero-order valence-electron chi connectivity index (χ0n) is 3.80. The van der Waals surface area contributed by atoms with Gasteiger partial charge in [-0.1, -0.05) is 0 Å². The first-order valence-corrected chi connectivity index (χ1v) is 1.63. The molecule has 4 nitrogen and oxygen atoms in total. The van der Waals surface area contributed by atoms with Crippen LogP contribution in [0.2, 0.25) is 0 Å². The number of hydrogen-bond acceptors (Lipinski definition) is 3. The SMILES string of the molecule is CC(=O)NOC=O. The first kappa shape index (κ1) is 5.94. The Morgan fingerprint density at radius 2 is 2.43 bits per heavy atom. The summed E-state index contributed by atoms with van der Waals surface area (Å²) < 4.78 is 0. The Bertz CT molecular complexity index is 80.2. The fraction of sp³-hybridized carbons (Fsp3) is 0.333. The van der Waals surface area contributed by atoms with Gasteiger partial charge in [0, 0.05) is 6.92 Å². The molecule has 0 atom stereocenters. The second-order valence-electron chi connectivity index (χ2n) is 0.872. The maximum Gasteiger partial charge on any atom is 0.320 e. The van der Waals surface area contributed by atoms with Gasteiger partial charge in [0.15, 0.2) is 0 Å². The number of amides is 1. The van der Waals surface area contributed by atoms with Crippen molar-refractivity contribution in [2.24, 2.45) is 0 Å². The Balaban J connectivity index is 2.97. The van der Waals surface area contributed by atoms with Crippen molar-refractivity contribution < 1.29 is 14.4 Å². The Morgan fingerprint density at radius 1 is 1.86 bits per heavy atom. The van der Waals surface area contributed by atoms with Crippen LogP contribution < -0.4 is 5.48 Å². The molecule has 7 heavy (non-hydrogen) atoms. The van der Waals surface area contributed by atoms with Gasteiger partial charge in [-0.2, -0.15) is 5.48 Å². The molecular weight excluding hydrogens is 98.0 g/mol. The Labute approximate surface area is 40.4 Å². The largest absolute Gasteiger partial charge is 0.344 e. The highest BCUT2D eigenvalue weighted by atomic mass is 16.7. The Kier molecular flexibility index (Phi) is 2.67. The molecule has 0 saturated heterocycles. The first-order chi connectivity index (χ1) is 3.27. The van der Waals surface area contributed by atoms with Crippen LogP contribution in [0.5, 0.6) is 0 Å². The van der Waals surface area contributed by atoms with Crippen molar-refractivity contribution in [2.45, 2.75) is 6.92 Å². The van der Waals surface area contributed by atoms with Gasteiger partial charge in [0.05, 0.1) is 0 Å². The molecule has 0 aliphatic carbocycles. The third kappa shape index (κ3) is 4.94. The van der Waals surface area contributed by atoms with Crippen LogP contribution in [0.1, 0.15) is 6.92 Å². The molecule has 0 fully saturated rings. The average molecular weight is 103 g/mol. The summed E-state index contributed by atoms with van der Waals surface area (Å²) in [7, 11) is 0. The van der Waals surface area contributed by atoms with Gasteiger partial charge in [0.1, 0.15) is 0 Å². The number of nitrogens with one attached hydrogen (secondary N) is 1. The van der Waals surface area contributed by atoms with E-state index in [0.717, 1.165) is 0 Å². The van der Waals surface area contributed by atoms with Gasteiger partial charge in [-0.05, 0) is 0 Å². The van der Waals surface area contributed by atoms with Gasteiger partial charge < -0.3 is 4.84 Å². The second-order valence-corrected chi connectivity index (χ2v) is 0.872. The Morgan fingerprint density at radius 3 is 2.57 bits per heavy atom. The molecule has 0 unspecified atom stereocenters. The maximum atomic E-state index is 9.81. The monoisotopic (exact) mass is 103 g/mol. The summed E-state index contributed by atoms with van der Waals surface area (Å²) in [4.78, 5) is 22.9. The van der Waals surface area contributed by atoms with Crippen molar-refractivity contribution in [3.05, 3.63) is 0 Å². The smallest absolute Gasteiger partial charge is 0.320 e. The lowest BCUT2D eigenvalue weighted by Crippen LogP contribution is -2.18. The Hall–Kier alpha value is -1.06. The van der Waals surface area contributed by atoms with E-state index in [1.54, 1.807) is 5.48 Å². The summed E-state index contributed by atoms with van der Waals surface area (Å²) in [5.74, 6) is -0.396. The van der Waals surface area contributed by atoms with E-state index in [-0.39, 0.29) is 6.47 Å². The molecule has 0 aromatic heterocycles. The lowest BCUT2D eigenvalue weighted by molar-refractivity contribution is -0.145. The van der Waals surface area contributed by atoms with Crippen molar-refractivity contribution in [1.82, 2.24) is 5.48 Å². The summed E-state index contributed by atoms with van der Waals surface area (Å²) in [6.45, 7) is 1.38. The van der Waals surface area contributed by atoms with Crippen molar-refractivity contribution in [3.8, 4) is 0 Å². The summed E-state index contributed by atoms with van der Waals surface area (Å²) in [6.07, 6.45) is 0. The minimum atomic E-state index is -0.396. The van der Waals surface area contributed by atoms with E-state index >= 15 is 0 Å². The summed E-state index contributed by atoms with van der Waals surface area (Å²) in [5.41, 5.74) is 1.79. The van der Waals surface area contributed by atoms with Crippen LogP contribution in [-0.2, 0) is 14.4 Å². The normalized spacial score (nSPS) is 7.00. The molecule has 0 radical (unpaired) electrons. The molecule has 1 N–H and O–H groups in total. The highest BCUT2D eigenvalue weighted by Gasteiger charge is 1.83. The van der Waals surface area contributed by atoms with E-state index < -0.39 is 5.91 Å². The molecule has 0 aromatic rings. The fourth-order valence-corrected chi connectivity index (χ4v) is 0.107. The molecular formula is C3H5NO3. The lowest BCUT2D eigenvalue weighted by atomic mass is 10.8. The minimum absolute atomic E-state index is 0.140. The van der Waals surface area contributed by atoms with Crippen LogP contribution >= 0.6 is 0 Å². The molecule has 1 amide bonds. The molecule has 0 aliphatic heterocycles. The van der Waals surface area contributed by atoms with Crippen LogP contribution in [0.3, 0.4) is 0 Å². The first-order valence-electron chi connectivity index (χ1n) is 1.63. The second kappa shape index (κ2) is 3.14. The standard InChI is InChI=1S/C3H5NO3/c1-3(6)4-7-2-5/h2H,1H3,(H,4,6). The van der Waals surface area contributed by atoms with E-state index in [4.69, 9.17) is 0 Å². The number of carbonyl (C=O) groups excluding carboxylic acids is 2. The maximum absolute atomic E-state index is 9.81. The van der Waals surface area contributed by atoms with Gasteiger partial charge in [-0.15, -0.1) is 0 Å². The molecule has 0 saturated carbocycles. The summed E-state index contributed by atoms with van der Waals surface area (Å²) in [5, 5.41) is 0. The van der Waals surface area contributed by atoms with Crippen molar-refractivity contribution in [2.75, 3.05) is 0 Å². The highest BCUT2D eigenvalue weighted by molar-refractivity contribution is 5.72. The third-order valence-electron chi connectivity index (χ3n) is 0.251. The van der Waals surface area contributed by atoms with Crippen molar-refractivity contribution in [1.29, 1.82) is 0 Å². The number of hydroxylamine groups is 1. The molecule has 0 aliphatic rings. The summed E-state index contributed by atoms with van der Waals surface area (Å²) in [6, 6.07) is 0. The lowest BCUT2D eigenvalue weighted by Gasteiger charge is -1.90. The average Bonchev–Trinajstić information content (AvgIpc) is 1.61. The molecule has 0 bridgehead atoms. The van der Waals surface area contributed by atoms with E-state index in [9.17, 15) is 9.59 Å². The van der Waals surface area contributed by atoms with Crippen molar-refractivity contribution in [3.63, 3.8) is 0 Å². The number of hydrogen-bond donors (Lipinski definition) is 1. The van der Waals surface area contributed by atoms with Gasteiger partial charge in [0.2, 0.25) is 5.91 Å². The van der Waals surface area contributed by atoms with Crippen molar-refractivity contribution >= 4 is 12.4 Å². The molecule has 0 heterocycles. The fourth-order valence-electron chi connectivity index (χ4n) is 0.107. The number of carbonyl (C=O) groups is 2. The van der Waals surface area contributed by atoms with Crippen LogP contribution in [0, 0.1) is 0 Å². The minimum Gasteiger partial charge on any atom is -0.344 e. The predicted octanol–water partition coefficient (Wildman–Crippen LogP) is -0.790. The van der Waals surface area contributed by atoms with Gasteiger partial charge in [-0.25, -0.2) is 0 Å². The van der Waals surface area contributed by atoms with E-state index in [1.807, 2.05) is 0 Å². The van der Waals surface area contributed by atoms with Crippen LogP contribution in [0.25, 0.3) is 0 Å². The molecule has 0 rings (SSSR count). The van der Waals surface area contributed by atoms with Crippen LogP contribution in [0.4, 0.5) is 0 Å². The topological polar surface area (TPSA) is 55.4 Å². The van der Waals surface area contributed by atoms with E-state index in [2.05, 4.69) is 4.84 Å². The number of rotatable bonds is 2. The molecule has 40 valence electrons. The van der Waals surface area contributed by atoms with E-state index in [0.29, 0.717) is 0 Å². The zero-order chi connectivity index (χ0) is 5.70. The predicted molar refractivity (Wildman–Crippen MR) is 21.0 cm³/mol. The highest BCUT2D eigenvalue weighted by Crippen LogP contribution is 1.55. The third-order valence-corrected chi connectivity index (χ3v) is 0.251. The summed E-state index contributed by atoms with van der Waals surface area (Å²) >= 11 is 0. The van der Waals surface area contributed by atoms with E-state index in [1.165, 1.54) is 6.92 Å². The quantitative estimate of drug-likeness (QED) is 0.368. The molecule has 0 aromatic carbocycles. The molecule has 0 spiro atoms.